The van der Waals surface area contributed by atoms with Crippen molar-refractivity contribution in [3.63, 3.8) is 0 Å². The minimum atomic E-state index is -4.78. The number of hydrogen-bond acceptors (Lipinski definition) is 3. The van der Waals surface area contributed by atoms with Gasteiger partial charge in [-0.3, -0.25) is 4.79 Å². The molecule has 2 aliphatic rings. The summed E-state index contributed by atoms with van der Waals surface area (Å²) in [6, 6.07) is 16.5. The smallest absolute Gasteiger partial charge is 0.337 e. The van der Waals surface area contributed by atoms with Crippen LogP contribution in [0.5, 0.6) is 0 Å². The fourth-order valence-electron chi connectivity index (χ4n) is 4.76. The monoisotopic (exact) mass is 462 g/mol. The van der Waals surface area contributed by atoms with E-state index < -0.39 is 33.3 Å². The average Bonchev–Trinajstić information content (AvgIpc) is 3.49. The zero-order chi connectivity index (χ0) is 23.1. The van der Waals surface area contributed by atoms with Crippen LogP contribution in [0.2, 0.25) is 0 Å². The SMILES string of the molecule is CC(C)C(=O)N1CC2(CC2)C(NS(=O)(=O)C(F)F)C1Cc1cccc(-c2ccccc2)c1. The summed E-state index contributed by atoms with van der Waals surface area (Å²) in [7, 11) is -4.78. The maximum Gasteiger partial charge on any atom is 0.350 e. The molecule has 172 valence electrons. The highest BCUT2D eigenvalue weighted by Crippen LogP contribution is 2.55. The third-order valence-corrected chi connectivity index (χ3v) is 7.66. The molecule has 1 spiro atoms. The van der Waals surface area contributed by atoms with Gasteiger partial charge in [-0.05, 0) is 36.0 Å². The lowest BCUT2D eigenvalue weighted by Gasteiger charge is -2.30. The van der Waals surface area contributed by atoms with Crippen molar-refractivity contribution in [2.75, 3.05) is 6.54 Å². The first kappa shape index (κ1) is 22.9. The van der Waals surface area contributed by atoms with Gasteiger partial charge in [0.05, 0.1) is 6.04 Å². The average molecular weight is 463 g/mol. The predicted octanol–water partition coefficient (Wildman–Crippen LogP) is 4.05. The first-order valence-corrected chi connectivity index (χ1v) is 12.4. The van der Waals surface area contributed by atoms with Crippen molar-refractivity contribution in [2.24, 2.45) is 11.3 Å². The molecule has 2 fully saturated rings. The third kappa shape index (κ3) is 4.43. The van der Waals surface area contributed by atoms with Crippen molar-refractivity contribution in [3.8, 4) is 11.1 Å². The van der Waals surface area contributed by atoms with Crippen molar-refractivity contribution in [2.45, 2.75) is 51.0 Å². The van der Waals surface area contributed by atoms with Gasteiger partial charge in [0.15, 0.2) is 0 Å². The van der Waals surface area contributed by atoms with E-state index in [-0.39, 0.29) is 11.8 Å². The van der Waals surface area contributed by atoms with E-state index >= 15 is 0 Å². The van der Waals surface area contributed by atoms with Gasteiger partial charge < -0.3 is 4.90 Å². The number of nitrogens with zero attached hydrogens (tertiary/aromatic N) is 1. The third-order valence-electron chi connectivity index (χ3n) is 6.60. The first-order chi connectivity index (χ1) is 15.1. The molecule has 4 rings (SSSR count). The fourth-order valence-corrected chi connectivity index (χ4v) is 5.62. The van der Waals surface area contributed by atoms with Crippen molar-refractivity contribution < 1.29 is 22.0 Å². The first-order valence-electron chi connectivity index (χ1n) is 10.9. The van der Waals surface area contributed by atoms with Crippen LogP contribution >= 0.6 is 0 Å². The molecule has 1 aliphatic heterocycles. The summed E-state index contributed by atoms with van der Waals surface area (Å²) in [5, 5.41) is 0. The minimum absolute atomic E-state index is 0.0840. The molecule has 0 radical (unpaired) electrons. The molecule has 2 aromatic rings. The van der Waals surface area contributed by atoms with Crippen molar-refractivity contribution >= 4 is 15.9 Å². The van der Waals surface area contributed by atoms with Gasteiger partial charge >= 0.3 is 5.76 Å². The second-order valence-electron chi connectivity index (χ2n) is 9.22. The van der Waals surface area contributed by atoms with E-state index in [9.17, 15) is 22.0 Å². The number of amides is 1. The molecule has 5 nitrogen and oxygen atoms in total. The molecule has 1 saturated carbocycles. The number of benzene rings is 2. The number of nitrogens with one attached hydrogen (secondary N) is 1. The summed E-state index contributed by atoms with van der Waals surface area (Å²) in [6.07, 6.45) is 1.81. The lowest BCUT2D eigenvalue weighted by molar-refractivity contribution is -0.135. The molecule has 1 N–H and O–H groups in total. The van der Waals surface area contributed by atoms with Gasteiger partial charge in [-0.1, -0.05) is 68.4 Å². The summed E-state index contributed by atoms with van der Waals surface area (Å²) < 4.78 is 52.8. The van der Waals surface area contributed by atoms with Crippen LogP contribution in [0.15, 0.2) is 54.6 Å². The van der Waals surface area contributed by atoms with Crippen molar-refractivity contribution in [3.05, 3.63) is 60.2 Å². The largest absolute Gasteiger partial charge is 0.350 e. The van der Waals surface area contributed by atoms with Crippen molar-refractivity contribution in [1.29, 1.82) is 0 Å². The molecular weight excluding hydrogens is 434 g/mol. The van der Waals surface area contributed by atoms with Crippen molar-refractivity contribution in [1.82, 2.24) is 9.62 Å². The summed E-state index contributed by atoms with van der Waals surface area (Å²) >= 11 is 0. The number of likely N-dealkylation sites (tertiary alicyclic amines) is 1. The van der Waals surface area contributed by atoms with Gasteiger partial charge in [0.2, 0.25) is 5.91 Å². The number of sulfonamides is 1. The minimum Gasteiger partial charge on any atom is -0.337 e. The molecule has 1 aliphatic carbocycles. The molecule has 2 atom stereocenters. The molecule has 1 heterocycles. The second-order valence-corrected chi connectivity index (χ2v) is 10.9. The molecule has 2 aromatic carbocycles. The zero-order valence-electron chi connectivity index (χ0n) is 18.2. The Balaban J connectivity index is 1.68. The highest BCUT2D eigenvalue weighted by atomic mass is 32.2. The van der Waals surface area contributed by atoms with E-state index in [1.165, 1.54) is 0 Å². The van der Waals surface area contributed by atoms with Gasteiger partial charge in [-0.2, -0.15) is 8.78 Å². The van der Waals surface area contributed by atoms with Gasteiger partial charge in [-0.25, -0.2) is 13.1 Å². The molecule has 0 bridgehead atoms. The summed E-state index contributed by atoms with van der Waals surface area (Å²) in [4.78, 5) is 14.7. The number of carbonyl (C=O) groups is 1. The standard InChI is InChI=1S/C24H28F2N2O3S/c1-16(2)22(29)28-15-24(11-12-24)21(27-32(30,31)23(25)26)20(28)14-17-7-6-10-19(13-17)18-8-4-3-5-9-18/h3-10,13,16,20-21,23,27H,11-12,14-15H2,1-2H3. The molecular formula is C24H28F2N2O3S. The Hall–Kier alpha value is -2.32. The van der Waals surface area contributed by atoms with Gasteiger partial charge in [0.25, 0.3) is 10.0 Å². The second kappa shape index (κ2) is 8.56. The lowest BCUT2D eigenvalue weighted by Crippen LogP contribution is -2.51. The predicted molar refractivity (Wildman–Crippen MR) is 119 cm³/mol. The van der Waals surface area contributed by atoms with Gasteiger partial charge in [0, 0.05) is 23.9 Å². The summed E-state index contributed by atoms with van der Waals surface area (Å²) in [5.74, 6) is -3.86. The van der Waals surface area contributed by atoms with Crippen LogP contribution in [0.1, 0.15) is 32.3 Å². The molecule has 1 amide bonds. The van der Waals surface area contributed by atoms with E-state index in [1.54, 1.807) is 18.7 Å². The molecule has 0 aromatic heterocycles. The van der Waals surface area contributed by atoms with Crippen LogP contribution in [-0.4, -0.2) is 43.6 Å². The van der Waals surface area contributed by atoms with E-state index in [0.29, 0.717) is 25.8 Å². The molecule has 2 unspecified atom stereocenters. The maximum absolute atomic E-state index is 13.2. The summed E-state index contributed by atoms with van der Waals surface area (Å²) in [5.41, 5.74) is 2.52. The highest BCUT2D eigenvalue weighted by Gasteiger charge is 2.61. The number of carbonyl (C=O) groups excluding carboxylic acids is 1. The van der Waals surface area contributed by atoms with E-state index in [2.05, 4.69) is 4.72 Å². The van der Waals surface area contributed by atoms with Gasteiger partial charge in [-0.15, -0.1) is 0 Å². The lowest BCUT2D eigenvalue weighted by atomic mass is 9.91. The van der Waals surface area contributed by atoms with E-state index in [1.807, 2.05) is 54.6 Å². The number of rotatable bonds is 7. The summed E-state index contributed by atoms with van der Waals surface area (Å²) in [6.45, 7) is 3.99. The Labute approximate surface area is 187 Å². The Morgan fingerprint density at radius 2 is 1.75 bits per heavy atom. The zero-order valence-corrected chi connectivity index (χ0v) is 19.0. The van der Waals surface area contributed by atoms with Gasteiger partial charge in [0.1, 0.15) is 0 Å². The van der Waals surface area contributed by atoms with Crippen LogP contribution in [0.25, 0.3) is 11.1 Å². The Bertz CT molecular complexity index is 1090. The quantitative estimate of drug-likeness (QED) is 0.675. The Morgan fingerprint density at radius 3 is 2.34 bits per heavy atom. The normalized spacial score (nSPS) is 22.1. The van der Waals surface area contributed by atoms with Crippen LogP contribution in [-0.2, 0) is 21.2 Å². The number of hydrogen-bond donors (Lipinski definition) is 1. The Morgan fingerprint density at radius 1 is 1.09 bits per heavy atom. The van der Waals surface area contributed by atoms with Crippen LogP contribution in [0, 0.1) is 11.3 Å². The van der Waals surface area contributed by atoms with Crippen LogP contribution < -0.4 is 4.72 Å². The Kier molecular flexibility index (Phi) is 6.11. The van der Waals surface area contributed by atoms with E-state index in [0.717, 1.165) is 16.7 Å². The maximum atomic E-state index is 13.2. The highest BCUT2D eigenvalue weighted by molar-refractivity contribution is 7.89. The van der Waals surface area contributed by atoms with Crippen LogP contribution in [0.4, 0.5) is 8.78 Å². The number of alkyl halides is 2. The van der Waals surface area contributed by atoms with E-state index in [4.69, 9.17) is 0 Å². The fraction of sp³-hybridized carbons (Fsp3) is 0.458. The molecule has 8 heteroatoms. The molecule has 1 saturated heterocycles. The molecule has 32 heavy (non-hydrogen) atoms. The number of halogens is 2. The topological polar surface area (TPSA) is 66.5 Å². The van der Waals surface area contributed by atoms with Crippen LogP contribution in [0.3, 0.4) is 0 Å².